The number of fused-ring (bicyclic) bond motifs is 12. The molecule has 0 N–H and O–H groups in total. The van der Waals surface area contributed by atoms with Crippen molar-refractivity contribution in [2.45, 2.75) is 0 Å². The Morgan fingerprint density at radius 3 is 1.54 bits per heavy atom. The van der Waals surface area contributed by atoms with Gasteiger partial charge >= 0.3 is 0 Å². The van der Waals surface area contributed by atoms with Gasteiger partial charge < -0.3 is 13.6 Å². The van der Waals surface area contributed by atoms with Gasteiger partial charge in [-0.3, -0.25) is 0 Å². The summed E-state index contributed by atoms with van der Waals surface area (Å²) < 4.78 is 11.0. The Morgan fingerprint density at radius 2 is 0.820 bits per heavy atom. The van der Waals surface area contributed by atoms with Gasteiger partial charge in [0.25, 0.3) is 0 Å². The van der Waals surface area contributed by atoms with Crippen LogP contribution in [0, 0.1) is 0 Å². The zero-order valence-electron chi connectivity index (χ0n) is 32.9. The van der Waals surface area contributed by atoms with Crippen molar-refractivity contribution in [1.29, 1.82) is 0 Å². The van der Waals surface area contributed by atoms with Gasteiger partial charge in [-0.05, 0) is 140 Å². The second-order valence-electron chi connectivity index (χ2n) is 16.5. The number of rotatable bonds is 4. The second-order valence-corrected chi connectivity index (χ2v) is 16.5. The van der Waals surface area contributed by atoms with E-state index in [0.717, 1.165) is 33.3 Å². The summed E-state index contributed by atoms with van der Waals surface area (Å²) in [6.07, 6.45) is 0. The lowest BCUT2D eigenvalue weighted by atomic mass is 9.96. The molecular formula is C58H34N2O. The third-order valence-corrected chi connectivity index (χ3v) is 13.2. The highest BCUT2D eigenvalue weighted by atomic mass is 16.3. The van der Waals surface area contributed by atoms with Gasteiger partial charge in [0.2, 0.25) is 0 Å². The van der Waals surface area contributed by atoms with Gasteiger partial charge in [-0.2, -0.15) is 0 Å². The molecule has 61 heavy (non-hydrogen) atoms. The summed E-state index contributed by atoms with van der Waals surface area (Å²) in [7, 11) is 0. The van der Waals surface area contributed by atoms with Crippen LogP contribution in [0.5, 0.6) is 0 Å². The van der Waals surface area contributed by atoms with Crippen molar-refractivity contribution >= 4 is 76.3 Å². The lowest BCUT2D eigenvalue weighted by molar-refractivity contribution is 0.669. The zero-order chi connectivity index (χ0) is 39.8. The Kier molecular flexibility index (Phi) is 6.56. The predicted octanol–water partition coefficient (Wildman–Crippen LogP) is 15.9. The molecule has 3 heterocycles. The summed E-state index contributed by atoms with van der Waals surface area (Å²) in [6, 6.07) is 75.6. The number of benzene rings is 10. The van der Waals surface area contributed by atoms with E-state index in [1.54, 1.807) is 0 Å². The molecule has 0 atom stereocenters. The number of hydrogen-bond acceptors (Lipinski definition) is 1. The van der Waals surface area contributed by atoms with Gasteiger partial charge in [-0.25, -0.2) is 0 Å². The highest BCUT2D eigenvalue weighted by Gasteiger charge is 2.22. The van der Waals surface area contributed by atoms with Gasteiger partial charge in [0.1, 0.15) is 11.2 Å². The van der Waals surface area contributed by atoms with E-state index in [0.29, 0.717) is 0 Å². The topological polar surface area (TPSA) is 23.0 Å². The fraction of sp³-hybridized carbons (Fsp3) is 0. The van der Waals surface area contributed by atoms with Gasteiger partial charge in [-0.1, -0.05) is 121 Å². The number of nitrogens with zero attached hydrogens (tertiary/aromatic N) is 2. The first kappa shape index (κ1) is 32.8. The van der Waals surface area contributed by atoms with Crippen LogP contribution in [0.4, 0.5) is 0 Å². The molecule has 13 aromatic rings. The molecule has 3 heteroatoms. The highest BCUT2D eigenvalue weighted by Crippen LogP contribution is 2.49. The molecule has 0 saturated heterocycles. The molecule has 0 unspecified atom stereocenters. The average molecular weight is 775 g/mol. The maximum Gasteiger partial charge on any atom is 0.135 e. The first-order valence-electron chi connectivity index (χ1n) is 21.0. The maximum atomic E-state index is 6.19. The first-order chi connectivity index (χ1) is 30.2. The standard InChI is InChI=1S/C58H34N2O/c1-2-12-43-42(11-1)47-16-9-10-38-30-39(33-51(43)58(38)47)35-20-24-40(25-21-35)59-52-17-6-3-13-44(52)48-31-36(22-27-54(48)59)37-23-28-55-49(32-37)45-14-4-7-18-53(45)60(55)41-26-29-57-50(34-41)46-15-5-8-19-56(46)61-57/h1-34H. The van der Waals surface area contributed by atoms with E-state index in [1.165, 1.54) is 98.9 Å². The fourth-order valence-corrected chi connectivity index (χ4v) is 10.5. The van der Waals surface area contributed by atoms with Crippen LogP contribution in [0.15, 0.2) is 211 Å². The minimum Gasteiger partial charge on any atom is -0.456 e. The quantitative estimate of drug-likeness (QED) is 0.175. The lowest BCUT2D eigenvalue weighted by Gasteiger charge is -2.11. The predicted molar refractivity (Wildman–Crippen MR) is 255 cm³/mol. The molecule has 0 amide bonds. The Bertz CT molecular complexity index is 3990. The van der Waals surface area contributed by atoms with E-state index in [2.05, 4.69) is 203 Å². The van der Waals surface area contributed by atoms with E-state index in [-0.39, 0.29) is 0 Å². The summed E-state index contributed by atoms with van der Waals surface area (Å²) in [4.78, 5) is 0. The monoisotopic (exact) mass is 774 g/mol. The molecule has 14 rings (SSSR count). The highest BCUT2D eigenvalue weighted by molar-refractivity contribution is 6.17. The molecule has 0 radical (unpaired) electrons. The SMILES string of the molecule is c1ccc2c(c1)-c1cccc3cc(-c4ccc(-n5c6ccccc6c6cc(-c7ccc8c(c7)c7ccccc7n8-c7ccc8oc9ccccc9c8c7)ccc65)cc4)cc-2c13. The van der Waals surface area contributed by atoms with E-state index in [9.17, 15) is 0 Å². The molecule has 1 aliphatic carbocycles. The van der Waals surface area contributed by atoms with E-state index in [1.807, 2.05) is 12.1 Å². The van der Waals surface area contributed by atoms with Crippen molar-refractivity contribution in [3.8, 4) is 55.9 Å². The number of para-hydroxylation sites is 3. The van der Waals surface area contributed by atoms with Crippen molar-refractivity contribution in [1.82, 2.24) is 9.13 Å². The van der Waals surface area contributed by atoms with Gasteiger partial charge in [0.15, 0.2) is 0 Å². The number of aromatic nitrogens is 2. The Balaban J connectivity index is 0.871. The first-order valence-corrected chi connectivity index (χ1v) is 21.0. The molecule has 10 aromatic carbocycles. The smallest absolute Gasteiger partial charge is 0.135 e. The molecule has 3 nitrogen and oxygen atoms in total. The third kappa shape index (κ3) is 4.63. The van der Waals surface area contributed by atoms with Crippen molar-refractivity contribution in [2.24, 2.45) is 0 Å². The normalized spacial score (nSPS) is 12.3. The molecule has 0 fully saturated rings. The molecule has 0 aliphatic heterocycles. The van der Waals surface area contributed by atoms with Gasteiger partial charge in [0.05, 0.1) is 22.1 Å². The summed E-state index contributed by atoms with van der Waals surface area (Å²) in [6.45, 7) is 0. The van der Waals surface area contributed by atoms with Crippen LogP contribution in [0.1, 0.15) is 0 Å². The van der Waals surface area contributed by atoms with Crippen molar-refractivity contribution in [3.63, 3.8) is 0 Å². The van der Waals surface area contributed by atoms with Crippen LogP contribution >= 0.6 is 0 Å². The summed E-state index contributed by atoms with van der Waals surface area (Å²) >= 11 is 0. The minimum atomic E-state index is 0.904. The number of furan rings is 1. The summed E-state index contributed by atoms with van der Waals surface area (Å²) in [5, 5.41) is 9.87. The average Bonchev–Trinajstić information content (AvgIpc) is 4.06. The largest absolute Gasteiger partial charge is 0.456 e. The minimum absolute atomic E-state index is 0.904. The van der Waals surface area contributed by atoms with Crippen molar-refractivity contribution < 1.29 is 4.42 Å². The van der Waals surface area contributed by atoms with Crippen molar-refractivity contribution in [3.05, 3.63) is 206 Å². The van der Waals surface area contributed by atoms with Crippen LogP contribution in [0.2, 0.25) is 0 Å². The lowest BCUT2D eigenvalue weighted by Crippen LogP contribution is -1.94. The van der Waals surface area contributed by atoms with E-state index in [4.69, 9.17) is 4.42 Å². The van der Waals surface area contributed by atoms with Crippen molar-refractivity contribution in [2.75, 3.05) is 0 Å². The Hall–Kier alpha value is -8.14. The third-order valence-electron chi connectivity index (χ3n) is 13.2. The number of hydrogen-bond donors (Lipinski definition) is 0. The molecule has 0 saturated carbocycles. The summed E-state index contributed by atoms with van der Waals surface area (Å²) in [5.74, 6) is 0. The molecule has 3 aromatic heterocycles. The van der Waals surface area contributed by atoms with Gasteiger partial charge in [0, 0.05) is 43.7 Å². The Morgan fingerprint density at radius 1 is 0.279 bits per heavy atom. The van der Waals surface area contributed by atoms with Crippen LogP contribution in [-0.2, 0) is 0 Å². The molecule has 0 bridgehead atoms. The molecule has 0 spiro atoms. The van der Waals surface area contributed by atoms with E-state index < -0.39 is 0 Å². The Labute approximate surface area is 350 Å². The zero-order valence-corrected chi connectivity index (χ0v) is 32.9. The van der Waals surface area contributed by atoms with Gasteiger partial charge in [-0.15, -0.1) is 0 Å². The molecule has 1 aliphatic rings. The van der Waals surface area contributed by atoms with Crippen LogP contribution in [0.3, 0.4) is 0 Å². The van der Waals surface area contributed by atoms with Crippen LogP contribution < -0.4 is 0 Å². The maximum absolute atomic E-state index is 6.19. The van der Waals surface area contributed by atoms with E-state index >= 15 is 0 Å². The van der Waals surface area contributed by atoms with Crippen LogP contribution in [0.25, 0.3) is 132 Å². The molecule has 282 valence electrons. The second kappa shape index (κ2) is 12.2. The van der Waals surface area contributed by atoms with Crippen LogP contribution in [-0.4, -0.2) is 9.13 Å². The summed E-state index contributed by atoms with van der Waals surface area (Å²) in [5.41, 5.74) is 19.0. The molecular weight excluding hydrogens is 741 g/mol. The fourth-order valence-electron chi connectivity index (χ4n) is 10.5.